The van der Waals surface area contributed by atoms with Crippen molar-refractivity contribution in [1.29, 1.82) is 0 Å². The van der Waals surface area contributed by atoms with Gasteiger partial charge in [-0.1, -0.05) is 64.8 Å². The van der Waals surface area contributed by atoms with Crippen LogP contribution < -0.4 is 0 Å². The maximum atomic E-state index is 12.9. The third-order valence-electron chi connectivity index (χ3n) is 7.10. The molecule has 0 aliphatic carbocycles. The summed E-state index contributed by atoms with van der Waals surface area (Å²) >= 11 is 0. The minimum Gasteiger partial charge on any atom is -0.396 e. The molecule has 0 spiro atoms. The second-order valence-corrected chi connectivity index (χ2v) is 15.1. The molecule has 2 aliphatic heterocycles. The van der Waals surface area contributed by atoms with E-state index in [2.05, 4.69) is 52.0 Å². The summed E-state index contributed by atoms with van der Waals surface area (Å²) in [5, 5.41) is 19.3. The van der Waals surface area contributed by atoms with E-state index in [0.29, 0.717) is 0 Å². The second kappa shape index (κ2) is 13.0. The van der Waals surface area contributed by atoms with Crippen LogP contribution in [0.2, 0.25) is 0 Å². The predicted octanol–water partition coefficient (Wildman–Crippen LogP) is 5.04. The lowest BCUT2D eigenvalue weighted by atomic mass is 9.88. The fraction of sp³-hybridized carbons (Fsp3) is 0.846. The molecular formula is C26H46O4S2. The molecule has 2 heterocycles. The van der Waals surface area contributed by atoms with Gasteiger partial charge in [-0.25, -0.2) is 0 Å². The third kappa shape index (κ3) is 8.81. The Hall–Kier alpha value is -0.300. The van der Waals surface area contributed by atoms with E-state index in [0.717, 1.165) is 64.2 Å². The van der Waals surface area contributed by atoms with E-state index in [9.17, 15) is 18.6 Å². The molecule has 2 N–H and O–H groups in total. The zero-order chi connectivity index (χ0) is 23.8. The van der Waals surface area contributed by atoms with Gasteiger partial charge in [0, 0.05) is 40.1 Å². The van der Waals surface area contributed by atoms with E-state index in [1.807, 2.05) is 0 Å². The zero-order valence-electron chi connectivity index (χ0n) is 20.6. The molecule has 2 rings (SSSR count). The number of aliphatic hydroxyl groups is 2. The van der Waals surface area contributed by atoms with Crippen molar-refractivity contribution in [1.82, 2.24) is 0 Å². The van der Waals surface area contributed by atoms with Gasteiger partial charge in [-0.3, -0.25) is 8.42 Å². The molecular weight excluding hydrogens is 440 g/mol. The van der Waals surface area contributed by atoms with E-state index in [-0.39, 0.29) is 45.0 Å². The number of hydrogen-bond donors (Lipinski definition) is 2. The largest absolute Gasteiger partial charge is 0.396 e. The van der Waals surface area contributed by atoms with Crippen molar-refractivity contribution >= 4 is 21.6 Å². The van der Waals surface area contributed by atoms with Crippen molar-refractivity contribution in [3.8, 4) is 0 Å². The number of allylic oxidation sites excluding steroid dienone is 1. The fourth-order valence-electron chi connectivity index (χ4n) is 4.50. The van der Waals surface area contributed by atoms with Crippen LogP contribution in [0.1, 0.15) is 91.9 Å². The summed E-state index contributed by atoms with van der Waals surface area (Å²) in [5.41, 5.74) is -0.0741. The second-order valence-electron chi connectivity index (χ2n) is 11.3. The SMILES string of the molecule is CC(C)(CO)CC/C=C/C1CCC(/C=C\C2CCC(CCCCC(C)(C)CO)S2=O)S1=O. The molecule has 0 aromatic carbocycles. The molecule has 6 heteroatoms. The number of unbranched alkanes of at least 4 members (excludes halogenated alkanes) is 1. The summed E-state index contributed by atoms with van der Waals surface area (Å²) in [7, 11) is -1.73. The van der Waals surface area contributed by atoms with Gasteiger partial charge < -0.3 is 10.2 Å². The summed E-state index contributed by atoms with van der Waals surface area (Å²) in [5.74, 6) is 0. The van der Waals surface area contributed by atoms with Crippen LogP contribution in [0, 0.1) is 10.8 Å². The minimum absolute atomic E-state index is 0.0138. The molecule has 2 saturated heterocycles. The van der Waals surface area contributed by atoms with Gasteiger partial charge in [-0.2, -0.15) is 0 Å². The van der Waals surface area contributed by atoms with Crippen molar-refractivity contribution < 1.29 is 18.6 Å². The Kier molecular flexibility index (Phi) is 11.3. The Morgan fingerprint density at radius 1 is 0.750 bits per heavy atom. The first-order valence-electron chi connectivity index (χ1n) is 12.4. The molecule has 0 aromatic heterocycles. The Morgan fingerprint density at radius 2 is 1.28 bits per heavy atom. The predicted molar refractivity (Wildman–Crippen MR) is 138 cm³/mol. The first-order valence-corrected chi connectivity index (χ1v) is 15.0. The molecule has 2 fully saturated rings. The smallest absolute Gasteiger partial charge is 0.0534 e. The van der Waals surface area contributed by atoms with Crippen LogP contribution in [0.25, 0.3) is 0 Å². The maximum Gasteiger partial charge on any atom is 0.0534 e. The van der Waals surface area contributed by atoms with Gasteiger partial charge >= 0.3 is 0 Å². The normalized spacial score (nSPS) is 31.9. The van der Waals surface area contributed by atoms with Crippen LogP contribution in [0.5, 0.6) is 0 Å². The fourth-order valence-corrected chi connectivity index (χ4v) is 8.07. The lowest BCUT2D eigenvalue weighted by Crippen LogP contribution is -2.18. The molecule has 6 unspecified atom stereocenters. The standard InChI is InChI=1S/C26H46O4S2/c1-25(2,19-27)17-7-5-9-21-11-13-23(31(21)29)15-16-24-14-12-22(32(24)30)10-6-8-18-26(3,4)20-28/h5,9,15-16,21-24,27-28H,6-8,10-14,17-20H2,1-4H3/b9-5+,16-15-. The first-order chi connectivity index (χ1) is 15.1. The van der Waals surface area contributed by atoms with Crippen molar-refractivity contribution in [2.75, 3.05) is 13.2 Å². The van der Waals surface area contributed by atoms with Crippen LogP contribution in [-0.4, -0.2) is 52.8 Å². The van der Waals surface area contributed by atoms with Gasteiger partial charge in [0.1, 0.15) is 0 Å². The van der Waals surface area contributed by atoms with Crippen molar-refractivity contribution in [2.45, 2.75) is 113 Å². The lowest BCUT2D eigenvalue weighted by Gasteiger charge is -2.21. The quantitative estimate of drug-likeness (QED) is 0.283. The van der Waals surface area contributed by atoms with Gasteiger partial charge in [-0.15, -0.1) is 0 Å². The summed E-state index contributed by atoms with van der Waals surface area (Å²) in [4.78, 5) is 0. The Morgan fingerprint density at radius 3 is 1.91 bits per heavy atom. The Balaban J connectivity index is 1.74. The molecule has 0 radical (unpaired) electrons. The third-order valence-corrected chi connectivity index (χ3v) is 11.2. The first kappa shape index (κ1) is 27.9. The summed E-state index contributed by atoms with van der Waals surface area (Å²) in [6, 6.07) is 0. The van der Waals surface area contributed by atoms with Gasteiger partial charge in [0.05, 0.1) is 15.7 Å². The van der Waals surface area contributed by atoms with Gasteiger partial charge in [0.25, 0.3) is 0 Å². The minimum atomic E-state index is -0.903. The topological polar surface area (TPSA) is 74.6 Å². The monoisotopic (exact) mass is 486 g/mol. The summed E-state index contributed by atoms with van der Waals surface area (Å²) < 4.78 is 25.8. The molecule has 2 aliphatic rings. The van der Waals surface area contributed by atoms with E-state index < -0.39 is 21.6 Å². The molecule has 6 atom stereocenters. The van der Waals surface area contributed by atoms with E-state index in [4.69, 9.17) is 0 Å². The van der Waals surface area contributed by atoms with Gasteiger partial charge in [0.15, 0.2) is 0 Å². The van der Waals surface area contributed by atoms with Gasteiger partial charge in [0.2, 0.25) is 0 Å². The van der Waals surface area contributed by atoms with Crippen LogP contribution in [0.15, 0.2) is 24.3 Å². The average molecular weight is 487 g/mol. The zero-order valence-corrected chi connectivity index (χ0v) is 22.3. The number of rotatable bonds is 13. The van der Waals surface area contributed by atoms with E-state index in [1.165, 1.54) is 0 Å². The van der Waals surface area contributed by atoms with Crippen LogP contribution in [0.3, 0.4) is 0 Å². The van der Waals surface area contributed by atoms with Crippen LogP contribution in [-0.2, 0) is 21.6 Å². The van der Waals surface area contributed by atoms with E-state index >= 15 is 0 Å². The van der Waals surface area contributed by atoms with Crippen molar-refractivity contribution in [3.63, 3.8) is 0 Å². The highest BCUT2D eigenvalue weighted by molar-refractivity contribution is 7.87. The van der Waals surface area contributed by atoms with E-state index in [1.54, 1.807) is 0 Å². The highest BCUT2D eigenvalue weighted by Gasteiger charge is 2.33. The Bertz CT molecular complexity index is 683. The summed E-state index contributed by atoms with van der Waals surface area (Å²) in [6.45, 7) is 8.71. The maximum absolute atomic E-state index is 12.9. The highest BCUT2D eigenvalue weighted by atomic mass is 32.2. The summed E-state index contributed by atoms with van der Waals surface area (Å²) in [6.07, 6.45) is 18.3. The van der Waals surface area contributed by atoms with Gasteiger partial charge in [-0.05, 0) is 62.2 Å². The number of aliphatic hydroxyl groups excluding tert-OH is 2. The molecule has 0 bridgehead atoms. The molecule has 4 nitrogen and oxygen atoms in total. The van der Waals surface area contributed by atoms with Crippen molar-refractivity contribution in [2.24, 2.45) is 10.8 Å². The molecule has 0 aromatic rings. The van der Waals surface area contributed by atoms with Crippen LogP contribution >= 0.6 is 0 Å². The average Bonchev–Trinajstić information content (AvgIpc) is 3.29. The number of hydrogen-bond acceptors (Lipinski definition) is 4. The molecule has 0 amide bonds. The van der Waals surface area contributed by atoms with Crippen molar-refractivity contribution in [3.05, 3.63) is 24.3 Å². The molecule has 0 saturated carbocycles. The Labute approximate surface area is 201 Å². The highest BCUT2D eigenvalue weighted by Crippen LogP contribution is 2.32. The molecule has 32 heavy (non-hydrogen) atoms. The van der Waals surface area contributed by atoms with Crippen LogP contribution in [0.4, 0.5) is 0 Å². The molecule has 186 valence electrons. The lowest BCUT2D eigenvalue weighted by molar-refractivity contribution is 0.147.